The standard InChI is InChI=1S/C18H21ClN4O2.CH2O2/c1-18(2,25)7-9-23-16-10-12(4-5-15(16)22(3)17(23)24)21-14-6-8-20-11-13(14)19;2-1-3/h4-6,8,10-11,25H,7,9H2,1-3H3,(H,20,21);1H,(H,2,3). The van der Waals surface area contributed by atoms with Crippen LogP contribution in [-0.2, 0) is 18.4 Å². The number of nitrogens with one attached hydrogen (secondary N) is 1. The molecule has 0 aliphatic rings. The average Bonchev–Trinajstić information content (AvgIpc) is 2.86. The Labute approximate surface area is 167 Å². The molecule has 150 valence electrons. The van der Waals surface area contributed by atoms with E-state index in [2.05, 4.69) is 10.3 Å². The van der Waals surface area contributed by atoms with Gasteiger partial charge in [0.1, 0.15) is 0 Å². The first-order chi connectivity index (χ1) is 13.2. The maximum atomic E-state index is 12.5. The highest BCUT2D eigenvalue weighted by atomic mass is 35.5. The molecule has 28 heavy (non-hydrogen) atoms. The summed E-state index contributed by atoms with van der Waals surface area (Å²) < 4.78 is 3.30. The largest absolute Gasteiger partial charge is 0.483 e. The van der Waals surface area contributed by atoms with Crippen LogP contribution in [-0.4, -0.2) is 36.4 Å². The molecule has 0 amide bonds. The number of imidazole rings is 1. The smallest absolute Gasteiger partial charge is 0.328 e. The molecule has 3 rings (SSSR count). The lowest BCUT2D eigenvalue weighted by molar-refractivity contribution is -0.122. The van der Waals surface area contributed by atoms with Gasteiger partial charge in [-0.2, -0.15) is 0 Å². The third-order valence-electron chi connectivity index (χ3n) is 4.14. The molecule has 2 heterocycles. The molecule has 0 unspecified atom stereocenters. The van der Waals surface area contributed by atoms with Crippen LogP contribution < -0.4 is 11.0 Å². The Kier molecular flexibility index (Phi) is 6.82. The Balaban J connectivity index is 0.000000878. The van der Waals surface area contributed by atoms with Crippen molar-refractivity contribution in [3.8, 4) is 0 Å². The zero-order chi connectivity index (χ0) is 20.9. The predicted molar refractivity (Wildman–Crippen MR) is 109 cm³/mol. The number of carboxylic acid groups (broad SMARTS) is 1. The molecule has 0 saturated heterocycles. The Morgan fingerprint density at radius 1 is 1.29 bits per heavy atom. The number of aliphatic hydroxyl groups is 1. The average molecular weight is 407 g/mol. The maximum Gasteiger partial charge on any atom is 0.328 e. The molecule has 9 heteroatoms. The number of fused-ring (bicyclic) bond motifs is 1. The number of halogens is 1. The van der Waals surface area contributed by atoms with Crippen LogP contribution in [0.2, 0.25) is 5.02 Å². The molecule has 0 atom stereocenters. The molecule has 0 aliphatic carbocycles. The van der Waals surface area contributed by atoms with Crippen LogP contribution >= 0.6 is 11.6 Å². The fourth-order valence-corrected chi connectivity index (χ4v) is 2.89. The first kappa shape index (κ1) is 21.5. The first-order valence-corrected chi connectivity index (χ1v) is 8.92. The van der Waals surface area contributed by atoms with Crippen LogP contribution in [0.4, 0.5) is 11.4 Å². The van der Waals surface area contributed by atoms with Gasteiger partial charge in [-0.1, -0.05) is 11.6 Å². The summed E-state index contributed by atoms with van der Waals surface area (Å²) in [4.78, 5) is 24.9. The van der Waals surface area contributed by atoms with Gasteiger partial charge in [0.05, 0.1) is 27.3 Å². The van der Waals surface area contributed by atoms with Crippen molar-refractivity contribution in [1.29, 1.82) is 0 Å². The third kappa shape index (κ3) is 5.11. The number of hydrogen-bond donors (Lipinski definition) is 3. The van der Waals surface area contributed by atoms with Gasteiger partial charge in [-0.3, -0.25) is 18.9 Å². The summed E-state index contributed by atoms with van der Waals surface area (Å²) in [7, 11) is 1.75. The van der Waals surface area contributed by atoms with Crippen molar-refractivity contribution in [3.63, 3.8) is 0 Å². The van der Waals surface area contributed by atoms with E-state index < -0.39 is 5.60 Å². The fraction of sp³-hybridized carbons (Fsp3) is 0.316. The van der Waals surface area contributed by atoms with E-state index in [1.54, 1.807) is 48.5 Å². The minimum Gasteiger partial charge on any atom is -0.483 e. The summed E-state index contributed by atoms with van der Waals surface area (Å²) in [6.45, 7) is 3.67. The molecule has 3 aromatic rings. The number of anilines is 2. The summed E-state index contributed by atoms with van der Waals surface area (Å²) in [6.07, 6.45) is 3.72. The van der Waals surface area contributed by atoms with Crippen LogP contribution in [0.25, 0.3) is 11.0 Å². The highest BCUT2D eigenvalue weighted by Gasteiger charge is 2.16. The minimum absolute atomic E-state index is 0.0988. The van der Waals surface area contributed by atoms with Crippen molar-refractivity contribution in [2.75, 3.05) is 5.32 Å². The fourth-order valence-electron chi connectivity index (χ4n) is 2.72. The number of pyridine rings is 1. The van der Waals surface area contributed by atoms with Gasteiger partial charge in [0.15, 0.2) is 0 Å². The van der Waals surface area contributed by atoms with Gasteiger partial charge in [-0.25, -0.2) is 4.79 Å². The first-order valence-electron chi connectivity index (χ1n) is 8.54. The van der Waals surface area contributed by atoms with E-state index in [9.17, 15) is 9.90 Å². The second-order valence-electron chi connectivity index (χ2n) is 6.85. The zero-order valence-corrected chi connectivity index (χ0v) is 16.6. The van der Waals surface area contributed by atoms with Crippen LogP contribution in [0.15, 0.2) is 41.5 Å². The molecule has 0 spiro atoms. The Morgan fingerprint density at radius 3 is 2.57 bits per heavy atom. The minimum atomic E-state index is -0.831. The number of hydrogen-bond acceptors (Lipinski definition) is 5. The number of aromatic nitrogens is 3. The molecular weight excluding hydrogens is 384 g/mol. The van der Waals surface area contributed by atoms with E-state index in [4.69, 9.17) is 21.5 Å². The number of carbonyl (C=O) groups is 1. The van der Waals surface area contributed by atoms with Gasteiger partial charge < -0.3 is 15.5 Å². The van der Waals surface area contributed by atoms with Crippen molar-refractivity contribution in [2.45, 2.75) is 32.4 Å². The molecule has 0 saturated carbocycles. The number of benzene rings is 1. The van der Waals surface area contributed by atoms with E-state index >= 15 is 0 Å². The topological polar surface area (TPSA) is 109 Å². The SMILES string of the molecule is Cn1c(=O)n(CCC(C)(C)O)c2cc(Nc3ccncc3Cl)ccc21.O=CO. The molecular formula is C19H23ClN4O4. The summed E-state index contributed by atoms with van der Waals surface area (Å²) in [5, 5.41) is 20.6. The van der Waals surface area contributed by atoms with E-state index in [1.165, 1.54) is 0 Å². The molecule has 8 nitrogen and oxygen atoms in total. The van der Waals surface area contributed by atoms with E-state index in [1.807, 2.05) is 18.2 Å². The number of aryl methyl sites for hydroxylation is 2. The Bertz CT molecular complexity index is 1020. The van der Waals surface area contributed by atoms with Crippen molar-refractivity contribution in [1.82, 2.24) is 14.1 Å². The number of rotatable bonds is 5. The molecule has 2 aromatic heterocycles. The van der Waals surface area contributed by atoms with Crippen molar-refractivity contribution >= 4 is 40.5 Å². The lowest BCUT2D eigenvalue weighted by atomic mass is 10.1. The lowest BCUT2D eigenvalue weighted by Gasteiger charge is -2.17. The van der Waals surface area contributed by atoms with Gasteiger partial charge in [0.25, 0.3) is 6.47 Å². The van der Waals surface area contributed by atoms with E-state index in [0.717, 1.165) is 22.4 Å². The third-order valence-corrected chi connectivity index (χ3v) is 4.45. The summed E-state index contributed by atoms with van der Waals surface area (Å²) in [6, 6.07) is 7.50. The lowest BCUT2D eigenvalue weighted by Crippen LogP contribution is -2.27. The highest BCUT2D eigenvalue weighted by molar-refractivity contribution is 6.33. The monoisotopic (exact) mass is 406 g/mol. The van der Waals surface area contributed by atoms with Crippen molar-refractivity contribution in [3.05, 3.63) is 52.2 Å². The van der Waals surface area contributed by atoms with Crippen LogP contribution in [0.3, 0.4) is 0 Å². The zero-order valence-electron chi connectivity index (χ0n) is 15.9. The van der Waals surface area contributed by atoms with E-state index in [0.29, 0.717) is 18.0 Å². The Morgan fingerprint density at radius 2 is 1.96 bits per heavy atom. The molecule has 0 fully saturated rings. The number of nitrogens with zero attached hydrogens (tertiary/aromatic N) is 3. The van der Waals surface area contributed by atoms with Crippen molar-refractivity contribution < 1.29 is 15.0 Å². The van der Waals surface area contributed by atoms with Gasteiger partial charge in [-0.15, -0.1) is 0 Å². The molecule has 0 aliphatic heterocycles. The second-order valence-corrected chi connectivity index (χ2v) is 7.25. The maximum absolute atomic E-state index is 12.5. The molecule has 1 aromatic carbocycles. The van der Waals surface area contributed by atoms with Gasteiger partial charge in [0, 0.05) is 31.7 Å². The second kappa shape index (κ2) is 8.90. The highest BCUT2D eigenvalue weighted by Crippen LogP contribution is 2.26. The van der Waals surface area contributed by atoms with Gasteiger partial charge in [-0.05, 0) is 44.5 Å². The van der Waals surface area contributed by atoms with Gasteiger partial charge in [0.2, 0.25) is 0 Å². The summed E-state index contributed by atoms with van der Waals surface area (Å²) in [5.41, 5.74) is 2.29. The predicted octanol–water partition coefficient (Wildman–Crippen LogP) is 2.99. The quantitative estimate of drug-likeness (QED) is 0.562. The molecule has 3 N–H and O–H groups in total. The molecule has 0 bridgehead atoms. The summed E-state index contributed by atoms with van der Waals surface area (Å²) in [5.74, 6) is 0. The summed E-state index contributed by atoms with van der Waals surface area (Å²) >= 11 is 6.14. The van der Waals surface area contributed by atoms with Crippen LogP contribution in [0.1, 0.15) is 20.3 Å². The van der Waals surface area contributed by atoms with Gasteiger partial charge >= 0.3 is 5.69 Å². The Hall–Kier alpha value is -2.84. The van der Waals surface area contributed by atoms with Crippen molar-refractivity contribution in [2.24, 2.45) is 7.05 Å². The van der Waals surface area contributed by atoms with E-state index in [-0.39, 0.29) is 12.2 Å². The van der Waals surface area contributed by atoms with Crippen LogP contribution in [0.5, 0.6) is 0 Å². The van der Waals surface area contributed by atoms with Crippen LogP contribution in [0, 0.1) is 0 Å². The molecule has 0 radical (unpaired) electrons. The normalized spacial score (nSPS) is 11.0.